The number of hydrogen-bond donors (Lipinski definition) is 1. The first-order chi connectivity index (χ1) is 7.29. The van der Waals surface area contributed by atoms with Gasteiger partial charge in [-0.25, -0.2) is 4.98 Å². The molecule has 2 heterocycles. The minimum absolute atomic E-state index is 0.332. The molecule has 1 N–H and O–H groups in total. The van der Waals surface area contributed by atoms with Crippen molar-refractivity contribution in [1.82, 2.24) is 14.5 Å². The smallest absolute Gasteiger partial charge is 0.109 e. The first-order valence-corrected chi connectivity index (χ1v) is 5.59. The Kier molecular flexibility index (Phi) is 3.38. The van der Waals surface area contributed by atoms with Crippen LogP contribution in [0.5, 0.6) is 0 Å². The van der Waals surface area contributed by atoms with Gasteiger partial charge < -0.3 is 14.6 Å². The van der Waals surface area contributed by atoms with Crippen LogP contribution in [-0.4, -0.2) is 45.8 Å². The van der Waals surface area contributed by atoms with Crippen molar-refractivity contribution >= 4 is 0 Å². The fraction of sp³-hybridized carbons (Fsp3) is 0.727. The van der Waals surface area contributed by atoms with Gasteiger partial charge in [-0.1, -0.05) is 0 Å². The molecule has 1 aromatic heterocycles. The number of likely N-dealkylation sites (tertiary alicyclic amines) is 1. The molecule has 2 rings (SSSR count). The zero-order chi connectivity index (χ0) is 10.7. The number of hydrogen-bond acceptors (Lipinski definition) is 3. The quantitative estimate of drug-likeness (QED) is 0.774. The molecule has 84 valence electrons. The molecular formula is C11H19N3O. The second-order valence-corrected chi connectivity index (χ2v) is 4.34. The summed E-state index contributed by atoms with van der Waals surface area (Å²) in [6.45, 7) is 3.55. The van der Waals surface area contributed by atoms with Crippen molar-refractivity contribution in [2.75, 3.05) is 26.2 Å². The topological polar surface area (TPSA) is 41.3 Å². The SMILES string of the molecule is Cn1ccnc1CCN1CCC(CO)C1. The van der Waals surface area contributed by atoms with Crippen LogP contribution in [0.3, 0.4) is 0 Å². The van der Waals surface area contributed by atoms with Crippen LogP contribution in [0.2, 0.25) is 0 Å². The Balaban J connectivity index is 1.77. The van der Waals surface area contributed by atoms with Gasteiger partial charge in [0.15, 0.2) is 0 Å². The van der Waals surface area contributed by atoms with E-state index >= 15 is 0 Å². The van der Waals surface area contributed by atoms with Gasteiger partial charge >= 0.3 is 0 Å². The van der Waals surface area contributed by atoms with Crippen molar-refractivity contribution in [2.45, 2.75) is 12.8 Å². The lowest BCUT2D eigenvalue weighted by Gasteiger charge is -2.14. The molecule has 0 aliphatic carbocycles. The second kappa shape index (κ2) is 4.77. The van der Waals surface area contributed by atoms with Gasteiger partial charge in [0, 0.05) is 45.6 Å². The summed E-state index contributed by atoms with van der Waals surface area (Å²) in [6.07, 6.45) is 5.96. The highest BCUT2D eigenvalue weighted by molar-refractivity contribution is 4.92. The van der Waals surface area contributed by atoms with E-state index in [4.69, 9.17) is 5.11 Å². The van der Waals surface area contributed by atoms with Gasteiger partial charge in [0.2, 0.25) is 0 Å². The van der Waals surface area contributed by atoms with Crippen LogP contribution in [0.4, 0.5) is 0 Å². The van der Waals surface area contributed by atoms with E-state index in [9.17, 15) is 0 Å². The average Bonchev–Trinajstić information content (AvgIpc) is 2.84. The van der Waals surface area contributed by atoms with Crippen LogP contribution in [0, 0.1) is 5.92 Å². The summed E-state index contributed by atoms with van der Waals surface area (Å²) in [6, 6.07) is 0. The molecule has 1 atom stereocenters. The molecule has 15 heavy (non-hydrogen) atoms. The molecule has 1 aliphatic rings. The molecule has 4 nitrogen and oxygen atoms in total. The van der Waals surface area contributed by atoms with E-state index in [0.717, 1.165) is 38.3 Å². The largest absolute Gasteiger partial charge is 0.396 e. The molecule has 1 aromatic rings. The van der Waals surface area contributed by atoms with Crippen LogP contribution in [0.15, 0.2) is 12.4 Å². The number of rotatable bonds is 4. The van der Waals surface area contributed by atoms with E-state index in [2.05, 4.69) is 14.5 Å². The molecule has 0 saturated carbocycles. The minimum atomic E-state index is 0.332. The molecule has 0 aromatic carbocycles. The van der Waals surface area contributed by atoms with E-state index < -0.39 is 0 Å². The third-order valence-electron chi connectivity index (χ3n) is 3.20. The zero-order valence-corrected chi connectivity index (χ0v) is 9.26. The Morgan fingerprint density at radius 1 is 1.60 bits per heavy atom. The van der Waals surface area contributed by atoms with Gasteiger partial charge in [0.05, 0.1) is 0 Å². The van der Waals surface area contributed by atoms with Gasteiger partial charge in [-0.15, -0.1) is 0 Å². The standard InChI is InChI=1S/C11H19N3O/c1-13-7-4-12-11(13)3-6-14-5-2-10(8-14)9-15/h4,7,10,15H,2-3,5-6,8-9H2,1H3. The molecule has 1 aliphatic heterocycles. The molecule has 1 unspecified atom stereocenters. The van der Waals surface area contributed by atoms with E-state index in [1.165, 1.54) is 0 Å². The second-order valence-electron chi connectivity index (χ2n) is 4.34. The summed E-state index contributed by atoms with van der Waals surface area (Å²) in [4.78, 5) is 6.72. The fourth-order valence-corrected chi connectivity index (χ4v) is 2.16. The summed E-state index contributed by atoms with van der Waals surface area (Å²) in [5.41, 5.74) is 0. The number of imidazole rings is 1. The van der Waals surface area contributed by atoms with Crippen molar-refractivity contribution in [3.05, 3.63) is 18.2 Å². The third kappa shape index (κ3) is 2.58. The Labute approximate surface area is 90.5 Å². The van der Waals surface area contributed by atoms with Crippen LogP contribution in [-0.2, 0) is 13.5 Å². The van der Waals surface area contributed by atoms with Crippen molar-refractivity contribution < 1.29 is 5.11 Å². The van der Waals surface area contributed by atoms with E-state index in [1.54, 1.807) is 0 Å². The van der Waals surface area contributed by atoms with Crippen LogP contribution in [0.25, 0.3) is 0 Å². The number of nitrogens with zero attached hydrogens (tertiary/aromatic N) is 3. The van der Waals surface area contributed by atoms with Crippen LogP contribution >= 0.6 is 0 Å². The highest BCUT2D eigenvalue weighted by Crippen LogP contribution is 2.15. The monoisotopic (exact) mass is 209 g/mol. The highest BCUT2D eigenvalue weighted by Gasteiger charge is 2.21. The maximum Gasteiger partial charge on any atom is 0.109 e. The Bertz CT molecular complexity index is 311. The molecule has 0 radical (unpaired) electrons. The summed E-state index contributed by atoms with van der Waals surface area (Å²) in [5, 5.41) is 9.04. The number of aliphatic hydroxyl groups excluding tert-OH is 1. The fourth-order valence-electron chi connectivity index (χ4n) is 2.16. The maximum absolute atomic E-state index is 9.04. The zero-order valence-electron chi connectivity index (χ0n) is 9.26. The highest BCUT2D eigenvalue weighted by atomic mass is 16.3. The lowest BCUT2D eigenvalue weighted by molar-refractivity contribution is 0.222. The maximum atomic E-state index is 9.04. The van der Waals surface area contributed by atoms with Gasteiger partial charge in [-0.05, 0) is 18.9 Å². The summed E-state index contributed by atoms with van der Waals surface area (Å²) >= 11 is 0. The molecule has 0 spiro atoms. The number of aromatic nitrogens is 2. The summed E-state index contributed by atoms with van der Waals surface area (Å²) < 4.78 is 2.07. The van der Waals surface area contributed by atoms with Gasteiger partial charge in [0.1, 0.15) is 5.82 Å². The Morgan fingerprint density at radius 3 is 3.07 bits per heavy atom. The number of aliphatic hydroxyl groups is 1. The number of aryl methyl sites for hydroxylation is 1. The van der Waals surface area contributed by atoms with E-state index in [-0.39, 0.29) is 0 Å². The van der Waals surface area contributed by atoms with Crippen LogP contribution < -0.4 is 0 Å². The predicted molar refractivity (Wildman–Crippen MR) is 58.5 cm³/mol. The first kappa shape index (κ1) is 10.6. The minimum Gasteiger partial charge on any atom is -0.396 e. The normalized spacial score (nSPS) is 22.4. The lowest BCUT2D eigenvalue weighted by Crippen LogP contribution is -2.24. The first-order valence-electron chi connectivity index (χ1n) is 5.59. The predicted octanol–water partition coefficient (Wildman–Crippen LogP) is 0.277. The molecule has 0 bridgehead atoms. The Hall–Kier alpha value is -0.870. The van der Waals surface area contributed by atoms with Gasteiger partial charge in [-0.3, -0.25) is 0 Å². The van der Waals surface area contributed by atoms with E-state index in [0.29, 0.717) is 12.5 Å². The van der Waals surface area contributed by atoms with Gasteiger partial charge in [-0.2, -0.15) is 0 Å². The molecule has 1 saturated heterocycles. The Morgan fingerprint density at radius 2 is 2.47 bits per heavy atom. The third-order valence-corrected chi connectivity index (χ3v) is 3.20. The average molecular weight is 209 g/mol. The molecule has 1 fully saturated rings. The van der Waals surface area contributed by atoms with Crippen LogP contribution in [0.1, 0.15) is 12.2 Å². The van der Waals surface area contributed by atoms with Crippen molar-refractivity contribution in [3.63, 3.8) is 0 Å². The van der Waals surface area contributed by atoms with Crippen molar-refractivity contribution in [2.24, 2.45) is 13.0 Å². The molecule has 0 amide bonds. The molecule has 4 heteroatoms. The summed E-state index contributed by atoms with van der Waals surface area (Å²) in [7, 11) is 2.03. The molecular weight excluding hydrogens is 190 g/mol. The van der Waals surface area contributed by atoms with Crippen molar-refractivity contribution in [1.29, 1.82) is 0 Å². The van der Waals surface area contributed by atoms with E-state index in [1.807, 2.05) is 19.4 Å². The van der Waals surface area contributed by atoms with Gasteiger partial charge in [0.25, 0.3) is 0 Å². The summed E-state index contributed by atoms with van der Waals surface area (Å²) in [5.74, 6) is 1.63. The van der Waals surface area contributed by atoms with Crippen molar-refractivity contribution in [3.8, 4) is 0 Å². The lowest BCUT2D eigenvalue weighted by atomic mass is 10.1.